The predicted octanol–water partition coefficient (Wildman–Crippen LogP) is 10.4. The maximum atomic E-state index is 15.1. The van der Waals surface area contributed by atoms with Gasteiger partial charge in [-0.05, 0) is 66.1 Å². The SMILES string of the molecule is CCCC[C@H]1CC[C@H](CCc2ccc(C(F)(F)Oc3ccccc3-c3ccc(C(F)(F)F)cc3)cc2)CC1. The number of hydrogen-bond acceptors (Lipinski definition) is 1. The van der Waals surface area contributed by atoms with Crippen LogP contribution in [-0.4, -0.2) is 0 Å². The highest BCUT2D eigenvalue weighted by atomic mass is 19.4. The molecule has 204 valence electrons. The second kappa shape index (κ2) is 12.3. The van der Waals surface area contributed by atoms with E-state index in [1.54, 1.807) is 30.3 Å². The van der Waals surface area contributed by atoms with E-state index >= 15 is 8.78 Å². The second-order valence-electron chi connectivity index (χ2n) is 10.5. The third-order valence-electron chi connectivity index (χ3n) is 7.71. The summed E-state index contributed by atoms with van der Waals surface area (Å²) in [6, 6.07) is 16.8. The van der Waals surface area contributed by atoms with Gasteiger partial charge < -0.3 is 4.74 Å². The molecule has 1 saturated carbocycles. The summed E-state index contributed by atoms with van der Waals surface area (Å²) in [4.78, 5) is 0. The van der Waals surface area contributed by atoms with E-state index in [0.29, 0.717) is 17.0 Å². The summed E-state index contributed by atoms with van der Waals surface area (Å²) >= 11 is 0. The van der Waals surface area contributed by atoms with Crippen LogP contribution in [0.1, 0.15) is 75.0 Å². The summed E-state index contributed by atoms with van der Waals surface area (Å²) in [7, 11) is 0. The first-order chi connectivity index (χ1) is 18.2. The van der Waals surface area contributed by atoms with Crippen molar-refractivity contribution < 1.29 is 26.7 Å². The maximum Gasteiger partial charge on any atom is 0.426 e. The minimum absolute atomic E-state index is 0.101. The van der Waals surface area contributed by atoms with Gasteiger partial charge in [-0.1, -0.05) is 94.3 Å². The van der Waals surface area contributed by atoms with Gasteiger partial charge in [-0.3, -0.25) is 0 Å². The summed E-state index contributed by atoms with van der Waals surface area (Å²) < 4.78 is 74.1. The van der Waals surface area contributed by atoms with Crippen LogP contribution in [-0.2, 0) is 18.7 Å². The molecule has 0 N–H and O–H groups in total. The molecule has 4 rings (SSSR count). The normalized spacial score (nSPS) is 18.4. The fraction of sp³-hybridized carbons (Fsp3) is 0.438. The van der Waals surface area contributed by atoms with Gasteiger partial charge >= 0.3 is 12.3 Å². The predicted molar refractivity (Wildman–Crippen MR) is 141 cm³/mol. The van der Waals surface area contributed by atoms with Gasteiger partial charge in [-0.25, -0.2) is 0 Å². The van der Waals surface area contributed by atoms with E-state index in [4.69, 9.17) is 4.74 Å². The number of benzene rings is 3. The van der Waals surface area contributed by atoms with Crippen molar-refractivity contribution in [3.8, 4) is 16.9 Å². The van der Waals surface area contributed by atoms with Crippen molar-refractivity contribution >= 4 is 0 Å². The first-order valence-electron chi connectivity index (χ1n) is 13.6. The van der Waals surface area contributed by atoms with Gasteiger partial charge in [0.15, 0.2) is 0 Å². The minimum Gasteiger partial charge on any atom is -0.428 e. The standard InChI is InChI=1S/C32H35F5O/c1-2-3-6-23-9-11-24(12-10-23)13-14-25-15-19-28(20-16-25)32(36,37)38-30-8-5-4-7-29(30)26-17-21-27(22-18-26)31(33,34)35/h4-5,7-8,15-24H,2-3,6,9-14H2,1H3/t23-,24-. The fourth-order valence-corrected chi connectivity index (χ4v) is 5.37. The molecule has 0 heterocycles. The Morgan fingerprint density at radius 2 is 1.29 bits per heavy atom. The van der Waals surface area contributed by atoms with Gasteiger partial charge in [0.2, 0.25) is 0 Å². The summed E-state index contributed by atoms with van der Waals surface area (Å²) in [6.07, 6.45) is 2.92. The van der Waals surface area contributed by atoms with Crippen LogP contribution in [0.3, 0.4) is 0 Å². The number of aryl methyl sites for hydroxylation is 1. The molecule has 1 aliphatic rings. The molecular weight excluding hydrogens is 495 g/mol. The molecule has 0 spiro atoms. The number of halogens is 5. The highest BCUT2D eigenvalue weighted by Crippen LogP contribution is 2.39. The van der Waals surface area contributed by atoms with Gasteiger partial charge in [0, 0.05) is 5.56 Å². The Kier molecular flexibility index (Phi) is 9.11. The summed E-state index contributed by atoms with van der Waals surface area (Å²) in [5.74, 6) is 1.48. The van der Waals surface area contributed by atoms with Crippen LogP contribution in [0.25, 0.3) is 11.1 Å². The third kappa shape index (κ3) is 7.36. The molecule has 38 heavy (non-hydrogen) atoms. The summed E-state index contributed by atoms with van der Waals surface area (Å²) in [5.41, 5.74) is 0.619. The van der Waals surface area contributed by atoms with Gasteiger partial charge in [0.05, 0.1) is 11.1 Å². The number of rotatable bonds is 10. The molecule has 1 fully saturated rings. The lowest BCUT2D eigenvalue weighted by molar-refractivity contribution is -0.185. The molecule has 0 aromatic heterocycles. The Morgan fingerprint density at radius 3 is 1.89 bits per heavy atom. The van der Waals surface area contributed by atoms with E-state index in [-0.39, 0.29) is 11.3 Å². The zero-order valence-corrected chi connectivity index (χ0v) is 21.7. The molecule has 0 aliphatic heterocycles. The Hall–Kier alpha value is -2.89. The number of ether oxygens (including phenoxy) is 1. The van der Waals surface area contributed by atoms with E-state index in [1.165, 1.54) is 75.3 Å². The average Bonchev–Trinajstić information content (AvgIpc) is 2.91. The van der Waals surface area contributed by atoms with Crippen molar-refractivity contribution in [2.45, 2.75) is 77.0 Å². The Bertz CT molecular complexity index is 1140. The minimum atomic E-state index is -4.47. The van der Waals surface area contributed by atoms with E-state index in [1.807, 2.05) is 0 Å². The van der Waals surface area contributed by atoms with Crippen LogP contribution in [0.2, 0.25) is 0 Å². The maximum absolute atomic E-state index is 15.1. The van der Waals surface area contributed by atoms with E-state index in [9.17, 15) is 13.2 Å². The van der Waals surface area contributed by atoms with Crippen LogP contribution in [0.5, 0.6) is 5.75 Å². The zero-order valence-electron chi connectivity index (χ0n) is 21.7. The highest BCUT2D eigenvalue weighted by molar-refractivity contribution is 5.70. The van der Waals surface area contributed by atoms with Crippen LogP contribution in [0.4, 0.5) is 22.0 Å². The number of para-hydroxylation sites is 1. The zero-order chi connectivity index (χ0) is 27.2. The van der Waals surface area contributed by atoms with Crippen molar-refractivity contribution in [3.05, 3.63) is 89.5 Å². The number of hydrogen-bond donors (Lipinski definition) is 0. The molecule has 1 aliphatic carbocycles. The molecule has 1 nitrogen and oxygen atoms in total. The molecule has 3 aromatic carbocycles. The summed E-state index contributed by atoms with van der Waals surface area (Å²) in [5, 5.41) is 0. The molecule has 6 heteroatoms. The van der Waals surface area contributed by atoms with Crippen molar-refractivity contribution in [2.75, 3.05) is 0 Å². The highest BCUT2D eigenvalue weighted by Gasteiger charge is 2.35. The fourth-order valence-electron chi connectivity index (χ4n) is 5.37. The molecule has 0 amide bonds. The van der Waals surface area contributed by atoms with Gasteiger partial charge in [-0.15, -0.1) is 0 Å². The lowest BCUT2D eigenvalue weighted by Gasteiger charge is -2.28. The van der Waals surface area contributed by atoms with Gasteiger partial charge in [-0.2, -0.15) is 22.0 Å². The van der Waals surface area contributed by atoms with Crippen LogP contribution < -0.4 is 4.74 Å². The molecule has 0 saturated heterocycles. The monoisotopic (exact) mass is 530 g/mol. The lowest BCUT2D eigenvalue weighted by atomic mass is 9.78. The van der Waals surface area contributed by atoms with Crippen molar-refractivity contribution in [1.29, 1.82) is 0 Å². The summed E-state index contributed by atoms with van der Waals surface area (Å²) in [6.45, 7) is 2.24. The second-order valence-corrected chi connectivity index (χ2v) is 10.5. The molecule has 3 aromatic rings. The van der Waals surface area contributed by atoms with Gasteiger partial charge in [0.25, 0.3) is 0 Å². The molecule has 0 unspecified atom stereocenters. The van der Waals surface area contributed by atoms with E-state index < -0.39 is 17.8 Å². The van der Waals surface area contributed by atoms with E-state index in [2.05, 4.69) is 6.92 Å². The molecule has 0 bridgehead atoms. The molecule has 0 radical (unpaired) electrons. The smallest absolute Gasteiger partial charge is 0.426 e. The average molecular weight is 531 g/mol. The quantitative estimate of drug-likeness (QED) is 0.237. The van der Waals surface area contributed by atoms with Crippen LogP contribution >= 0.6 is 0 Å². The lowest BCUT2D eigenvalue weighted by Crippen LogP contribution is -2.22. The van der Waals surface area contributed by atoms with Gasteiger partial charge in [0.1, 0.15) is 5.75 Å². The largest absolute Gasteiger partial charge is 0.428 e. The Morgan fingerprint density at radius 1 is 0.711 bits per heavy atom. The number of unbranched alkanes of at least 4 members (excludes halogenated alkanes) is 1. The van der Waals surface area contributed by atoms with Crippen LogP contribution in [0, 0.1) is 11.8 Å². The topological polar surface area (TPSA) is 9.23 Å². The van der Waals surface area contributed by atoms with Crippen molar-refractivity contribution in [1.82, 2.24) is 0 Å². The first kappa shape index (κ1) is 28.1. The molecular formula is C32H35F5O. The number of alkyl halides is 5. The Balaban J connectivity index is 1.37. The van der Waals surface area contributed by atoms with Crippen molar-refractivity contribution in [2.24, 2.45) is 11.8 Å². The van der Waals surface area contributed by atoms with Crippen LogP contribution in [0.15, 0.2) is 72.8 Å². The Labute approximate surface area is 222 Å². The van der Waals surface area contributed by atoms with E-state index in [0.717, 1.165) is 36.5 Å². The molecule has 0 atom stereocenters. The van der Waals surface area contributed by atoms with Crippen molar-refractivity contribution in [3.63, 3.8) is 0 Å². The third-order valence-corrected chi connectivity index (χ3v) is 7.71. The first-order valence-corrected chi connectivity index (χ1v) is 13.6.